The fourth-order valence-corrected chi connectivity index (χ4v) is 3.25. The van der Waals surface area contributed by atoms with Gasteiger partial charge in [0.2, 0.25) is 10.0 Å². The first-order chi connectivity index (χ1) is 11.6. The van der Waals surface area contributed by atoms with Gasteiger partial charge in [0.15, 0.2) is 0 Å². The number of aliphatic hydroxyl groups is 1. The van der Waals surface area contributed by atoms with Gasteiger partial charge in [0.25, 0.3) is 0 Å². The lowest BCUT2D eigenvalue weighted by molar-refractivity contribution is -0.137. The third kappa shape index (κ3) is 5.80. The summed E-state index contributed by atoms with van der Waals surface area (Å²) in [5, 5.41) is 9.92. The van der Waals surface area contributed by atoms with E-state index in [9.17, 15) is 31.1 Å². The van der Waals surface area contributed by atoms with Gasteiger partial charge in [-0.05, 0) is 35.4 Å². The van der Waals surface area contributed by atoms with Crippen molar-refractivity contribution >= 4 is 10.0 Å². The second-order valence-corrected chi connectivity index (χ2v) is 7.18. The van der Waals surface area contributed by atoms with E-state index in [2.05, 4.69) is 4.72 Å². The maximum absolute atomic E-state index is 13.1. The van der Waals surface area contributed by atoms with Crippen LogP contribution in [0.2, 0.25) is 0 Å². The molecule has 9 heteroatoms. The van der Waals surface area contributed by atoms with E-state index in [0.29, 0.717) is 0 Å². The van der Waals surface area contributed by atoms with Crippen LogP contribution in [-0.2, 0) is 22.0 Å². The van der Waals surface area contributed by atoms with E-state index in [-0.39, 0.29) is 11.1 Å². The van der Waals surface area contributed by atoms with E-state index >= 15 is 0 Å². The van der Waals surface area contributed by atoms with E-state index in [4.69, 9.17) is 0 Å². The molecule has 0 aromatic heterocycles. The lowest BCUT2D eigenvalue weighted by Crippen LogP contribution is -2.29. The van der Waals surface area contributed by atoms with Gasteiger partial charge in [-0.3, -0.25) is 0 Å². The van der Waals surface area contributed by atoms with Crippen LogP contribution in [-0.4, -0.2) is 20.1 Å². The Morgan fingerprint density at radius 3 is 2.28 bits per heavy atom. The predicted molar refractivity (Wildman–Crippen MR) is 83.4 cm³/mol. The first-order valence-corrected chi connectivity index (χ1v) is 8.79. The summed E-state index contributed by atoms with van der Waals surface area (Å²) in [6, 6.07) is 8.83. The van der Waals surface area contributed by atoms with Crippen LogP contribution >= 0.6 is 0 Å². The second-order valence-electron chi connectivity index (χ2n) is 5.37. The molecule has 0 saturated carbocycles. The molecular weight excluding hydrogens is 362 g/mol. The lowest BCUT2D eigenvalue weighted by Gasteiger charge is -2.14. The minimum Gasteiger partial charge on any atom is -0.387 e. The Hall–Kier alpha value is -1.97. The van der Waals surface area contributed by atoms with Crippen LogP contribution in [0, 0.1) is 5.82 Å². The highest BCUT2D eigenvalue weighted by Gasteiger charge is 2.30. The monoisotopic (exact) mass is 377 g/mol. The Bertz CT molecular complexity index is 820. The largest absolute Gasteiger partial charge is 0.416 e. The summed E-state index contributed by atoms with van der Waals surface area (Å²) < 4.78 is 76.5. The van der Waals surface area contributed by atoms with Crippen molar-refractivity contribution in [3.8, 4) is 0 Å². The van der Waals surface area contributed by atoms with Gasteiger partial charge in [0, 0.05) is 6.54 Å². The minimum absolute atomic E-state index is 0.140. The number of benzene rings is 2. The first kappa shape index (κ1) is 19.4. The van der Waals surface area contributed by atoms with Crippen molar-refractivity contribution in [1.82, 2.24) is 4.72 Å². The Morgan fingerprint density at radius 2 is 1.72 bits per heavy atom. The Kier molecular flexibility index (Phi) is 5.81. The van der Waals surface area contributed by atoms with Crippen molar-refractivity contribution in [2.75, 3.05) is 6.54 Å². The topological polar surface area (TPSA) is 66.4 Å². The van der Waals surface area contributed by atoms with E-state index in [0.717, 1.165) is 30.3 Å². The summed E-state index contributed by atoms with van der Waals surface area (Å²) in [6.07, 6.45) is -5.81. The molecule has 2 aromatic carbocycles. The van der Waals surface area contributed by atoms with Gasteiger partial charge >= 0.3 is 6.18 Å². The van der Waals surface area contributed by atoms with Crippen LogP contribution in [0.15, 0.2) is 48.5 Å². The SMILES string of the molecule is O=S(=O)(Cc1cccc(F)c1)NCC(O)c1ccc(C(F)(F)F)cc1. The van der Waals surface area contributed by atoms with Crippen molar-refractivity contribution in [1.29, 1.82) is 0 Å². The number of sulfonamides is 1. The first-order valence-electron chi connectivity index (χ1n) is 7.14. The molecule has 0 aliphatic rings. The maximum Gasteiger partial charge on any atom is 0.416 e. The second kappa shape index (κ2) is 7.51. The van der Waals surface area contributed by atoms with Crippen LogP contribution in [0.4, 0.5) is 17.6 Å². The zero-order valence-corrected chi connectivity index (χ0v) is 13.6. The van der Waals surface area contributed by atoms with Gasteiger partial charge in [0.05, 0.1) is 17.4 Å². The van der Waals surface area contributed by atoms with Gasteiger partial charge in [-0.2, -0.15) is 13.2 Å². The quantitative estimate of drug-likeness (QED) is 0.761. The zero-order chi connectivity index (χ0) is 18.7. The van der Waals surface area contributed by atoms with Crippen molar-refractivity contribution in [3.05, 3.63) is 71.0 Å². The molecule has 4 nitrogen and oxygen atoms in total. The summed E-state index contributed by atoms with van der Waals surface area (Å²) in [7, 11) is -3.84. The standard InChI is InChI=1S/C16H15F4NO3S/c17-14-3-1-2-11(8-14)10-25(23,24)21-9-15(22)12-4-6-13(7-5-12)16(18,19)20/h1-8,15,21-22H,9-10H2. The summed E-state index contributed by atoms with van der Waals surface area (Å²) in [6.45, 7) is -0.414. The number of aliphatic hydroxyl groups excluding tert-OH is 1. The van der Waals surface area contributed by atoms with Crippen LogP contribution < -0.4 is 4.72 Å². The zero-order valence-electron chi connectivity index (χ0n) is 12.8. The van der Waals surface area contributed by atoms with Gasteiger partial charge in [-0.1, -0.05) is 24.3 Å². The maximum atomic E-state index is 13.1. The van der Waals surface area contributed by atoms with Crippen molar-refractivity contribution < 1.29 is 31.1 Å². The number of rotatable bonds is 6. The lowest BCUT2D eigenvalue weighted by atomic mass is 10.1. The predicted octanol–water partition coefficient (Wildman–Crippen LogP) is 3.00. The molecule has 136 valence electrons. The molecular formula is C16H15F4NO3S. The number of halogens is 4. The van der Waals surface area contributed by atoms with Crippen molar-refractivity contribution in [2.24, 2.45) is 0 Å². The summed E-state index contributed by atoms with van der Waals surface area (Å²) in [5.74, 6) is -1.05. The third-order valence-corrected chi connectivity index (χ3v) is 4.68. The molecule has 0 bridgehead atoms. The summed E-state index contributed by atoms with van der Waals surface area (Å²) in [4.78, 5) is 0. The average molecular weight is 377 g/mol. The number of alkyl halides is 3. The molecule has 2 N–H and O–H groups in total. The highest BCUT2D eigenvalue weighted by Crippen LogP contribution is 2.29. The number of hydrogen-bond acceptors (Lipinski definition) is 3. The average Bonchev–Trinajstić information content (AvgIpc) is 2.51. The molecule has 0 fully saturated rings. The molecule has 0 amide bonds. The summed E-state index contributed by atoms with van der Waals surface area (Å²) >= 11 is 0. The smallest absolute Gasteiger partial charge is 0.387 e. The molecule has 2 aromatic rings. The normalized spacial score (nSPS) is 13.6. The molecule has 25 heavy (non-hydrogen) atoms. The van der Waals surface area contributed by atoms with Crippen LogP contribution in [0.25, 0.3) is 0 Å². The molecule has 0 aliphatic carbocycles. The molecule has 0 radical (unpaired) electrons. The molecule has 0 aliphatic heterocycles. The van der Waals surface area contributed by atoms with Gasteiger partial charge in [-0.15, -0.1) is 0 Å². The molecule has 1 unspecified atom stereocenters. The van der Waals surface area contributed by atoms with Crippen molar-refractivity contribution in [3.63, 3.8) is 0 Å². The number of nitrogens with one attached hydrogen (secondary N) is 1. The van der Waals surface area contributed by atoms with Crippen LogP contribution in [0.1, 0.15) is 22.8 Å². The van der Waals surface area contributed by atoms with Gasteiger partial charge in [0.1, 0.15) is 5.82 Å². The molecule has 0 heterocycles. The minimum atomic E-state index is -4.49. The van der Waals surface area contributed by atoms with E-state index in [1.54, 1.807) is 0 Å². The Morgan fingerprint density at radius 1 is 1.08 bits per heavy atom. The van der Waals surface area contributed by atoms with Gasteiger partial charge < -0.3 is 5.11 Å². The molecule has 1 atom stereocenters. The van der Waals surface area contributed by atoms with E-state index in [1.165, 1.54) is 18.2 Å². The molecule has 0 saturated heterocycles. The summed E-state index contributed by atoms with van der Waals surface area (Å²) in [5.41, 5.74) is -0.492. The Labute approximate surface area is 142 Å². The highest BCUT2D eigenvalue weighted by atomic mass is 32.2. The molecule has 2 rings (SSSR count). The van der Waals surface area contributed by atoms with E-state index < -0.39 is 46.0 Å². The highest BCUT2D eigenvalue weighted by molar-refractivity contribution is 7.88. The van der Waals surface area contributed by atoms with Gasteiger partial charge in [-0.25, -0.2) is 17.5 Å². The fourth-order valence-electron chi connectivity index (χ4n) is 2.12. The Balaban J connectivity index is 1.97. The third-order valence-electron chi connectivity index (χ3n) is 3.37. The van der Waals surface area contributed by atoms with Crippen LogP contribution in [0.5, 0.6) is 0 Å². The molecule has 0 spiro atoms. The van der Waals surface area contributed by atoms with Crippen molar-refractivity contribution in [2.45, 2.75) is 18.0 Å². The van der Waals surface area contributed by atoms with E-state index in [1.807, 2.05) is 0 Å². The fraction of sp³-hybridized carbons (Fsp3) is 0.250. The number of hydrogen-bond donors (Lipinski definition) is 2. The van der Waals surface area contributed by atoms with Crippen LogP contribution in [0.3, 0.4) is 0 Å².